The van der Waals surface area contributed by atoms with Crippen molar-refractivity contribution in [3.8, 4) is 11.1 Å². The number of anilines is 1. The van der Waals surface area contributed by atoms with Gasteiger partial charge in [-0.3, -0.25) is 0 Å². The van der Waals surface area contributed by atoms with Gasteiger partial charge in [-0.25, -0.2) is 14.6 Å². The summed E-state index contributed by atoms with van der Waals surface area (Å²) in [6.45, 7) is 4.67. The maximum absolute atomic E-state index is 12.8. The lowest BCUT2D eigenvalue weighted by molar-refractivity contribution is 0.0514. The van der Waals surface area contributed by atoms with Crippen LogP contribution >= 0.6 is 0 Å². The number of aryl methyl sites for hydroxylation is 1. The number of hydrogen-bond donors (Lipinski definition) is 1. The quantitative estimate of drug-likeness (QED) is 0.444. The Labute approximate surface area is 194 Å². The summed E-state index contributed by atoms with van der Waals surface area (Å²) in [5.41, 5.74) is 3.20. The molecule has 2 aromatic carbocycles. The smallest absolute Gasteiger partial charge is 0.358 e. The van der Waals surface area contributed by atoms with E-state index in [4.69, 9.17) is 9.72 Å². The molecule has 0 spiro atoms. The molecule has 1 heterocycles. The number of benzene rings is 2. The predicted octanol–water partition coefficient (Wildman–Crippen LogP) is 4.88. The molecule has 0 aliphatic rings. The zero-order valence-electron chi connectivity index (χ0n) is 19.7. The van der Waals surface area contributed by atoms with Crippen LogP contribution in [0.2, 0.25) is 0 Å². The lowest BCUT2D eigenvalue weighted by atomic mass is 9.99. The normalized spacial score (nSPS) is 10.8. The third-order valence-electron chi connectivity index (χ3n) is 5.44. The standard InChI is InChI=1S/C26H31N3O4/c1-5-7-12-22-27-24(28(3)4)23(26(32)33-6-2)29(22)17-18-13-15-19(16-14-18)20-10-8-9-11-21(20)25(30)31/h8-11,13-16H,5-7,12,17H2,1-4H3,(H,30,31). The summed E-state index contributed by atoms with van der Waals surface area (Å²) in [6, 6.07) is 14.7. The molecule has 0 saturated heterocycles. The molecule has 0 aliphatic heterocycles. The molecule has 7 heteroatoms. The monoisotopic (exact) mass is 449 g/mol. The molecule has 3 rings (SSSR count). The number of carboxylic acids is 1. The number of carboxylic acid groups (broad SMARTS) is 1. The van der Waals surface area contributed by atoms with Crippen molar-refractivity contribution >= 4 is 17.8 Å². The second kappa shape index (κ2) is 10.8. The Kier molecular flexibility index (Phi) is 7.87. The summed E-state index contributed by atoms with van der Waals surface area (Å²) in [4.78, 5) is 31.0. The van der Waals surface area contributed by atoms with E-state index in [0.29, 0.717) is 30.2 Å². The molecule has 0 unspecified atom stereocenters. The molecule has 0 atom stereocenters. The number of imidazole rings is 1. The average molecular weight is 450 g/mol. The minimum absolute atomic E-state index is 0.266. The lowest BCUT2D eigenvalue weighted by Crippen LogP contribution is -2.19. The van der Waals surface area contributed by atoms with Crippen molar-refractivity contribution in [3.05, 3.63) is 71.2 Å². The summed E-state index contributed by atoms with van der Waals surface area (Å²) < 4.78 is 7.29. The second-order valence-corrected chi connectivity index (χ2v) is 8.05. The summed E-state index contributed by atoms with van der Waals surface area (Å²) in [5, 5.41) is 9.49. The molecule has 33 heavy (non-hydrogen) atoms. The fourth-order valence-electron chi connectivity index (χ4n) is 3.79. The Bertz CT molecular complexity index is 1120. The maximum atomic E-state index is 12.8. The van der Waals surface area contributed by atoms with Gasteiger partial charge in [0.2, 0.25) is 0 Å². The highest BCUT2D eigenvalue weighted by molar-refractivity contribution is 5.96. The zero-order valence-corrected chi connectivity index (χ0v) is 19.7. The first-order chi connectivity index (χ1) is 15.9. The van der Waals surface area contributed by atoms with Crippen molar-refractivity contribution in [2.45, 2.75) is 39.7 Å². The molecule has 1 aromatic heterocycles. The summed E-state index contributed by atoms with van der Waals surface area (Å²) >= 11 is 0. The van der Waals surface area contributed by atoms with E-state index in [9.17, 15) is 14.7 Å². The van der Waals surface area contributed by atoms with Gasteiger partial charge >= 0.3 is 11.9 Å². The number of esters is 1. The van der Waals surface area contributed by atoms with Crippen molar-refractivity contribution in [1.29, 1.82) is 0 Å². The van der Waals surface area contributed by atoms with Crippen LogP contribution < -0.4 is 4.90 Å². The van der Waals surface area contributed by atoms with Gasteiger partial charge < -0.3 is 19.3 Å². The number of unbranched alkanes of at least 4 members (excludes halogenated alkanes) is 1. The fraction of sp³-hybridized carbons (Fsp3) is 0.346. The van der Waals surface area contributed by atoms with Crippen molar-refractivity contribution in [2.75, 3.05) is 25.6 Å². The minimum atomic E-state index is -0.955. The van der Waals surface area contributed by atoms with Crippen molar-refractivity contribution < 1.29 is 19.4 Å². The topological polar surface area (TPSA) is 84.7 Å². The number of aromatic nitrogens is 2. The molecule has 7 nitrogen and oxygen atoms in total. The van der Waals surface area contributed by atoms with Gasteiger partial charge in [-0.1, -0.05) is 55.8 Å². The van der Waals surface area contributed by atoms with E-state index in [1.165, 1.54) is 0 Å². The predicted molar refractivity (Wildman–Crippen MR) is 129 cm³/mol. The van der Waals surface area contributed by atoms with Crippen LogP contribution in [0, 0.1) is 0 Å². The number of nitrogens with zero attached hydrogens (tertiary/aromatic N) is 3. The number of aromatic carboxylic acids is 1. The first kappa shape index (κ1) is 24.0. The Balaban J connectivity index is 2.00. The van der Waals surface area contributed by atoms with E-state index < -0.39 is 5.97 Å². The lowest BCUT2D eigenvalue weighted by Gasteiger charge is -2.15. The zero-order chi connectivity index (χ0) is 24.0. The Hall–Kier alpha value is -3.61. The van der Waals surface area contributed by atoms with E-state index >= 15 is 0 Å². The molecule has 0 fully saturated rings. The van der Waals surface area contributed by atoms with Crippen molar-refractivity contribution in [3.63, 3.8) is 0 Å². The summed E-state index contributed by atoms with van der Waals surface area (Å²) in [5.74, 6) is 0.114. The van der Waals surface area contributed by atoms with Crippen LogP contribution in [0.3, 0.4) is 0 Å². The maximum Gasteiger partial charge on any atom is 0.358 e. The van der Waals surface area contributed by atoms with E-state index in [-0.39, 0.29) is 11.5 Å². The van der Waals surface area contributed by atoms with Gasteiger partial charge in [-0.05, 0) is 36.1 Å². The van der Waals surface area contributed by atoms with Crippen LogP contribution in [-0.2, 0) is 17.7 Å². The van der Waals surface area contributed by atoms with Gasteiger partial charge in [0.1, 0.15) is 5.82 Å². The van der Waals surface area contributed by atoms with Crippen LogP contribution in [0.4, 0.5) is 5.82 Å². The Morgan fingerprint density at radius 1 is 1.06 bits per heavy atom. The van der Waals surface area contributed by atoms with Gasteiger partial charge in [0.25, 0.3) is 0 Å². The molecular formula is C26H31N3O4. The molecule has 0 amide bonds. The third kappa shape index (κ3) is 5.42. The second-order valence-electron chi connectivity index (χ2n) is 8.05. The van der Waals surface area contributed by atoms with Crippen LogP contribution in [0.25, 0.3) is 11.1 Å². The van der Waals surface area contributed by atoms with Gasteiger partial charge in [0.05, 0.1) is 12.2 Å². The highest BCUT2D eigenvalue weighted by Crippen LogP contribution is 2.27. The number of ether oxygens (including phenoxy) is 1. The first-order valence-electron chi connectivity index (χ1n) is 11.2. The molecule has 174 valence electrons. The van der Waals surface area contributed by atoms with E-state index in [0.717, 1.165) is 36.2 Å². The van der Waals surface area contributed by atoms with Crippen molar-refractivity contribution in [1.82, 2.24) is 9.55 Å². The van der Waals surface area contributed by atoms with Crippen LogP contribution in [0.15, 0.2) is 48.5 Å². The van der Waals surface area contributed by atoms with Gasteiger partial charge in [-0.2, -0.15) is 0 Å². The summed E-state index contributed by atoms with van der Waals surface area (Å²) in [7, 11) is 3.74. The number of hydrogen-bond acceptors (Lipinski definition) is 5. The van der Waals surface area contributed by atoms with Gasteiger partial charge in [-0.15, -0.1) is 0 Å². The first-order valence-corrected chi connectivity index (χ1v) is 11.2. The minimum Gasteiger partial charge on any atom is -0.478 e. The third-order valence-corrected chi connectivity index (χ3v) is 5.44. The van der Waals surface area contributed by atoms with Crippen LogP contribution in [0.1, 0.15) is 58.9 Å². The number of carbonyl (C=O) groups is 2. The highest BCUT2D eigenvalue weighted by atomic mass is 16.5. The number of rotatable bonds is 10. The van der Waals surface area contributed by atoms with E-state index in [2.05, 4.69) is 6.92 Å². The number of carbonyl (C=O) groups excluding carboxylic acids is 1. The molecule has 1 N–H and O–H groups in total. The summed E-state index contributed by atoms with van der Waals surface area (Å²) in [6.07, 6.45) is 2.76. The molecule has 0 saturated carbocycles. The largest absolute Gasteiger partial charge is 0.478 e. The van der Waals surface area contributed by atoms with Crippen molar-refractivity contribution in [2.24, 2.45) is 0 Å². The fourth-order valence-corrected chi connectivity index (χ4v) is 3.79. The average Bonchev–Trinajstić information content (AvgIpc) is 3.16. The molecule has 3 aromatic rings. The molecule has 0 aliphatic carbocycles. The molecule has 0 bridgehead atoms. The molecular weight excluding hydrogens is 418 g/mol. The van der Waals surface area contributed by atoms with Gasteiger partial charge in [0, 0.05) is 27.1 Å². The van der Waals surface area contributed by atoms with Crippen LogP contribution in [-0.4, -0.2) is 47.3 Å². The molecule has 0 radical (unpaired) electrons. The SMILES string of the molecule is CCCCc1nc(N(C)C)c(C(=O)OCC)n1Cc1ccc(-c2ccccc2C(=O)O)cc1. The van der Waals surface area contributed by atoms with E-state index in [1.807, 2.05) is 53.9 Å². The highest BCUT2D eigenvalue weighted by Gasteiger charge is 2.25. The Morgan fingerprint density at radius 2 is 1.76 bits per heavy atom. The van der Waals surface area contributed by atoms with Gasteiger partial charge in [0.15, 0.2) is 11.5 Å². The Morgan fingerprint density at radius 3 is 2.36 bits per heavy atom. The van der Waals surface area contributed by atoms with Crippen LogP contribution in [0.5, 0.6) is 0 Å². The van der Waals surface area contributed by atoms with E-state index in [1.54, 1.807) is 25.1 Å².